The molecule has 0 saturated carbocycles. The highest BCUT2D eigenvalue weighted by Crippen LogP contribution is 2.28. The van der Waals surface area contributed by atoms with Gasteiger partial charge in [0, 0.05) is 17.8 Å². The fourth-order valence-electron chi connectivity index (χ4n) is 4.36. The third-order valence-electron chi connectivity index (χ3n) is 6.30. The molecule has 2 rings (SSSR count). The van der Waals surface area contributed by atoms with Crippen molar-refractivity contribution in [1.29, 1.82) is 0 Å². The van der Waals surface area contributed by atoms with E-state index in [-0.39, 0.29) is 6.54 Å². The number of nitrogens with zero attached hydrogens (tertiary/aromatic N) is 1. The van der Waals surface area contributed by atoms with Gasteiger partial charge in [0.25, 0.3) is 5.91 Å². The van der Waals surface area contributed by atoms with Crippen molar-refractivity contribution in [3.63, 3.8) is 0 Å². The zero-order chi connectivity index (χ0) is 30.6. The molecule has 0 aliphatic heterocycles. The van der Waals surface area contributed by atoms with Gasteiger partial charge in [-0.1, -0.05) is 68.5 Å². The Hall–Kier alpha value is -4.32. The van der Waals surface area contributed by atoms with Crippen molar-refractivity contribution < 1.29 is 23.9 Å². The number of primary amides is 1. The summed E-state index contributed by atoms with van der Waals surface area (Å²) in [4.78, 5) is 54.3. The average molecular weight is 563 g/mol. The summed E-state index contributed by atoms with van der Waals surface area (Å²) >= 11 is 0. The van der Waals surface area contributed by atoms with E-state index in [0.717, 1.165) is 24.8 Å². The number of ether oxygens (including phenoxy) is 1. The van der Waals surface area contributed by atoms with Gasteiger partial charge in [-0.05, 0) is 57.4 Å². The Balaban J connectivity index is 2.62. The molecule has 0 aromatic heterocycles. The van der Waals surface area contributed by atoms with Crippen LogP contribution in [0, 0.1) is 19.3 Å². The molecule has 41 heavy (non-hydrogen) atoms. The minimum Gasteiger partial charge on any atom is -0.444 e. The number of alkyl carbamates (subject to hydrolysis) is 1. The first kappa shape index (κ1) is 32.9. The summed E-state index contributed by atoms with van der Waals surface area (Å²) in [5.41, 5.74) is 6.94. The van der Waals surface area contributed by atoms with E-state index in [9.17, 15) is 19.2 Å². The van der Waals surface area contributed by atoms with Crippen LogP contribution in [0.1, 0.15) is 82.5 Å². The van der Waals surface area contributed by atoms with E-state index in [1.165, 1.54) is 4.90 Å². The van der Waals surface area contributed by atoms with Crippen LogP contribution in [0.15, 0.2) is 48.5 Å². The number of hydrogen-bond donors (Lipinski definition) is 3. The number of anilines is 1. The van der Waals surface area contributed by atoms with Gasteiger partial charge in [0.2, 0.25) is 11.8 Å². The van der Waals surface area contributed by atoms with Gasteiger partial charge in [-0.2, -0.15) is 0 Å². The molecule has 9 nitrogen and oxygen atoms in total. The molecule has 2 aromatic rings. The van der Waals surface area contributed by atoms with Crippen molar-refractivity contribution in [2.24, 2.45) is 5.73 Å². The minimum atomic E-state index is -1.36. The van der Waals surface area contributed by atoms with Crippen molar-refractivity contribution in [2.75, 3.05) is 11.9 Å². The average Bonchev–Trinajstić information content (AvgIpc) is 2.89. The van der Waals surface area contributed by atoms with Crippen LogP contribution in [-0.2, 0) is 19.1 Å². The molecule has 2 unspecified atom stereocenters. The van der Waals surface area contributed by atoms with Crippen LogP contribution >= 0.6 is 0 Å². The quantitative estimate of drug-likeness (QED) is 0.238. The molecule has 0 aliphatic carbocycles. The fourth-order valence-corrected chi connectivity index (χ4v) is 4.36. The van der Waals surface area contributed by atoms with Crippen LogP contribution in [0.2, 0.25) is 0 Å². The van der Waals surface area contributed by atoms with E-state index < -0.39 is 47.9 Å². The molecule has 0 radical (unpaired) electrons. The largest absolute Gasteiger partial charge is 0.444 e. The molecule has 4 amide bonds. The Kier molecular flexibility index (Phi) is 12.4. The van der Waals surface area contributed by atoms with Gasteiger partial charge in [0.15, 0.2) is 0 Å². The number of nitrogens with one attached hydrogen (secondary N) is 2. The molecule has 2 atom stereocenters. The van der Waals surface area contributed by atoms with Gasteiger partial charge in [-0.3, -0.25) is 14.4 Å². The van der Waals surface area contributed by atoms with E-state index in [0.29, 0.717) is 23.2 Å². The molecule has 0 bridgehead atoms. The van der Waals surface area contributed by atoms with E-state index in [2.05, 4.69) is 23.5 Å². The molecule has 220 valence electrons. The lowest BCUT2D eigenvalue weighted by Crippen LogP contribution is -2.53. The highest BCUT2D eigenvalue weighted by molar-refractivity contribution is 6.00. The summed E-state index contributed by atoms with van der Waals surface area (Å²) in [6.45, 7) is 9.15. The van der Waals surface area contributed by atoms with Gasteiger partial charge in [0.1, 0.15) is 17.7 Å². The molecule has 0 fully saturated rings. The second-order valence-electron chi connectivity index (χ2n) is 10.9. The first-order valence-electron chi connectivity index (χ1n) is 13.9. The highest BCUT2D eigenvalue weighted by atomic mass is 16.6. The zero-order valence-electron chi connectivity index (χ0n) is 24.7. The first-order chi connectivity index (χ1) is 19.4. The first-order valence-corrected chi connectivity index (χ1v) is 13.9. The number of carbonyl (C=O) groups is 4. The van der Waals surface area contributed by atoms with Crippen LogP contribution in [0.3, 0.4) is 0 Å². The number of aryl methyl sites for hydroxylation is 1. The summed E-state index contributed by atoms with van der Waals surface area (Å²) in [5.74, 6) is 0.683. The number of rotatable bonds is 13. The lowest BCUT2D eigenvalue weighted by molar-refractivity contribution is -0.142. The lowest BCUT2D eigenvalue weighted by atomic mass is 9.96. The van der Waals surface area contributed by atoms with Crippen molar-refractivity contribution in [1.82, 2.24) is 10.2 Å². The number of unbranched alkanes of at least 4 members (excludes halogenated alkanes) is 3. The van der Waals surface area contributed by atoms with Gasteiger partial charge in [0.05, 0.1) is 6.42 Å². The van der Waals surface area contributed by atoms with Crippen molar-refractivity contribution >= 4 is 29.5 Å². The summed E-state index contributed by atoms with van der Waals surface area (Å²) in [7, 11) is 0. The third kappa shape index (κ3) is 10.3. The van der Waals surface area contributed by atoms with E-state index in [1.807, 2.05) is 19.1 Å². The van der Waals surface area contributed by atoms with Crippen molar-refractivity contribution in [3.05, 3.63) is 65.2 Å². The number of hydrogen-bond acceptors (Lipinski definition) is 5. The SMILES string of the molecule is C#Cc1ccccc1C(C(=O)Nc1ccccc1C)N(CCCCCC)C(=O)C(CC(N)=O)NC(=O)OC(C)(C)C. The predicted octanol–water partition coefficient (Wildman–Crippen LogP) is 4.83. The number of para-hydroxylation sites is 1. The maximum absolute atomic E-state index is 14.2. The standard InChI is InChI=1S/C32H42N4O5/c1-7-9-10-15-20-36(30(39)26(21-27(33)37)35-31(40)41-32(4,5)6)28(24-18-13-12-17-23(24)8-2)29(38)34-25-19-14-11-16-22(25)3/h2,11-14,16-19,26,28H,7,9-10,15,20-21H2,1,3-6H3,(H2,33,37)(H,34,38)(H,35,40). The maximum Gasteiger partial charge on any atom is 0.408 e. The van der Waals surface area contributed by atoms with Crippen LogP contribution in [0.25, 0.3) is 0 Å². The third-order valence-corrected chi connectivity index (χ3v) is 6.30. The van der Waals surface area contributed by atoms with Gasteiger partial charge >= 0.3 is 6.09 Å². The molecule has 0 saturated heterocycles. The predicted molar refractivity (Wildman–Crippen MR) is 160 cm³/mol. The highest BCUT2D eigenvalue weighted by Gasteiger charge is 2.37. The molecule has 2 aromatic carbocycles. The Morgan fingerprint density at radius 2 is 1.68 bits per heavy atom. The number of nitrogens with two attached hydrogens (primary N) is 1. The smallest absolute Gasteiger partial charge is 0.408 e. The van der Waals surface area contributed by atoms with Crippen LogP contribution in [0.5, 0.6) is 0 Å². The summed E-state index contributed by atoms with van der Waals surface area (Å²) in [6.07, 6.45) is 7.75. The maximum atomic E-state index is 14.2. The Labute approximate surface area is 243 Å². The van der Waals surface area contributed by atoms with Crippen LogP contribution in [-0.4, -0.2) is 46.9 Å². The van der Waals surface area contributed by atoms with E-state index in [4.69, 9.17) is 16.9 Å². The van der Waals surface area contributed by atoms with Crippen molar-refractivity contribution in [3.8, 4) is 12.3 Å². The molecular weight excluding hydrogens is 520 g/mol. The van der Waals surface area contributed by atoms with Crippen LogP contribution < -0.4 is 16.4 Å². The molecule has 0 spiro atoms. The molecule has 0 heterocycles. The monoisotopic (exact) mass is 562 g/mol. The second-order valence-corrected chi connectivity index (χ2v) is 10.9. The van der Waals surface area contributed by atoms with Gasteiger partial charge in [-0.15, -0.1) is 6.42 Å². The van der Waals surface area contributed by atoms with E-state index >= 15 is 0 Å². The van der Waals surface area contributed by atoms with Crippen molar-refractivity contribution in [2.45, 2.75) is 84.4 Å². The lowest BCUT2D eigenvalue weighted by Gasteiger charge is -2.35. The summed E-state index contributed by atoms with van der Waals surface area (Å²) in [6, 6.07) is 11.7. The Morgan fingerprint density at radius 1 is 1.02 bits per heavy atom. The fraction of sp³-hybridized carbons (Fsp3) is 0.438. The molecule has 9 heteroatoms. The van der Waals surface area contributed by atoms with Gasteiger partial charge in [-0.25, -0.2) is 4.79 Å². The summed E-state index contributed by atoms with van der Waals surface area (Å²) in [5, 5.41) is 5.44. The molecule has 4 N–H and O–H groups in total. The summed E-state index contributed by atoms with van der Waals surface area (Å²) < 4.78 is 5.34. The second kappa shape index (κ2) is 15.5. The van der Waals surface area contributed by atoms with Gasteiger partial charge < -0.3 is 26.0 Å². The Morgan fingerprint density at radius 3 is 2.29 bits per heavy atom. The zero-order valence-corrected chi connectivity index (χ0v) is 24.7. The number of amides is 4. The number of carbonyl (C=O) groups excluding carboxylic acids is 4. The topological polar surface area (TPSA) is 131 Å². The minimum absolute atomic E-state index is 0.175. The number of terminal acetylenes is 1. The normalized spacial score (nSPS) is 12.4. The van der Waals surface area contributed by atoms with E-state index in [1.54, 1.807) is 57.2 Å². The molecular formula is C32H42N4O5. The molecule has 0 aliphatic rings. The van der Waals surface area contributed by atoms with Crippen LogP contribution in [0.4, 0.5) is 10.5 Å². The number of benzene rings is 2. The Bertz CT molecular complexity index is 1260.